The second-order valence-corrected chi connectivity index (χ2v) is 7.65. The van der Waals surface area contributed by atoms with E-state index in [9.17, 15) is 8.42 Å². The number of piperidine rings is 1. The first-order valence-electron chi connectivity index (χ1n) is 7.45. The van der Waals surface area contributed by atoms with Crippen LogP contribution in [-0.4, -0.2) is 31.9 Å². The average molecular weight is 286 g/mol. The van der Waals surface area contributed by atoms with Crippen molar-refractivity contribution in [2.24, 2.45) is 5.92 Å². The van der Waals surface area contributed by atoms with Gasteiger partial charge in [0.1, 0.15) is 0 Å². The lowest BCUT2D eigenvalue weighted by Crippen LogP contribution is -2.47. The average Bonchev–Trinajstić information content (AvgIpc) is 2.40. The molecule has 1 aliphatic heterocycles. The number of allylic oxidation sites excluding steroid dienone is 1. The molecule has 4 nitrogen and oxygen atoms in total. The maximum atomic E-state index is 12.3. The summed E-state index contributed by atoms with van der Waals surface area (Å²) in [5.74, 6) is 0.643. The molecule has 5 heteroatoms. The molecule has 0 amide bonds. The lowest BCUT2D eigenvalue weighted by atomic mass is 9.95. The molecule has 110 valence electrons. The highest BCUT2D eigenvalue weighted by Gasteiger charge is 2.28. The van der Waals surface area contributed by atoms with Gasteiger partial charge in [0.25, 0.3) is 10.2 Å². The molecule has 0 unspecified atom stereocenters. The molecule has 19 heavy (non-hydrogen) atoms. The molecular weight excluding hydrogens is 260 g/mol. The summed E-state index contributed by atoms with van der Waals surface area (Å²) in [6, 6.07) is -0.0651. The van der Waals surface area contributed by atoms with Gasteiger partial charge in [-0.25, -0.2) is 0 Å². The molecule has 0 aromatic carbocycles. The Morgan fingerprint density at radius 3 is 2.58 bits per heavy atom. The highest BCUT2D eigenvalue weighted by atomic mass is 32.2. The monoisotopic (exact) mass is 286 g/mol. The van der Waals surface area contributed by atoms with Gasteiger partial charge >= 0.3 is 0 Å². The van der Waals surface area contributed by atoms with Crippen LogP contribution in [0.25, 0.3) is 0 Å². The normalized spacial score (nSPS) is 25.1. The van der Waals surface area contributed by atoms with Gasteiger partial charge in [-0.15, -0.1) is 0 Å². The minimum absolute atomic E-state index is 0.0651. The van der Waals surface area contributed by atoms with Crippen LogP contribution < -0.4 is 4.72 Å². The zero-order chi connectivity index (χ0) is 13.9. The Hall–Kier alpha value is -0.390. The van der Waals surface area contributed by atoms with E-state index in [1.54, 1.807) is 4.31 Å². The molecule has 1 aliphatic carbocycles. The summed E-state index contributed by atoms with van der Waals surface area (Å²) in [7, 11) is -3.31. The second kappa shape index (κ2) is 6.37. The van der Waals surface area contributed by atoms with Gasteiger partial charge in [-0.3, -0.25) is 0 Å². The topological polar surface area (TPSA) is 49.4 Å². The van der Waals surface area contributed by atoms with Gasteiger partial charge in [0, 0.05) is 19.1 Å². The molecule has 0 saturated carbocycles. The van der Waals surface area contributed by atoms with Crippen LogP contribution >= 0.6 is 0 Å². The van der Waals surface area contributed by atoms with Gasteiger partial charge in [-0.05, 0) is 51.4 Å². The van der Waals surface area contributed by atoms with E-state index < -0.39 is 10.2 Å². The van der Waals surface area contributed by atoms with E-state index in [2.05, 4.69) is 17.7 Å². The van der Waals surface area contributed by atoms with Gasteiger partial charge in [-0.2, -0.15) is 17.4 Å². The molecule has 2 aliphatic rings. The molecule has 0 aromatic heterocycles. The molecule has 0 radical (unpaired) electrons. The maximum absolute atomic E-state index is 12.3. The Balaban J connectivity index is 1.94. The second-order valence-electron chi connectivity index (χ2n) is 5.95. The fourth-order valence-electron chi connectivity index (χ4n) is 2.86. The molecular formula is C14H26N2O2S. The van der Waals surface area contributed by atoms with Crippen molar-refractivity contribution < 1.29 is 8.42 Å². The van der Waals surface area contributed by atoms with Crippen LogP contribution in [0.4, 0.5) is 0 Å². The Bertz CT molecular complexity index is 423. The van der Waals surface area contributed by atoms with Gasteiger partial charge in [0.15, 0.2) is 0 Å². The molecule has 0 aromatic rings. The summed E-state index contributed by atoms with van der Waals surface area (Å²) in [5, 5.41) is 0. The first kappa shape index (κ1) is 15.0. The van der Waals surface area contributed by atoms with E-state index in [0.717, 1.165) is 25.7 Å². The van der Waals surface area contributed by atoms with Crippen molar-refractivity contribution in [1.29, 1.82) is 0 Å². The fraction of sp³-hybridized carbons (Fsp3) is 0.857. The van der Waals surface area contributed by atoms with E-state index in [4.69, 9.17) is 0 Å². The van der Waals surface area contributed by atoms with Crippen LogP contribution in [0, 0.1) is 5.92 Å². The summed E-state index contributed by atoms with van der Waals surface area (Å²) >= 11 is 0. The highest BCUT2D eigenvalue weighted by molar-refractivity contribution is 7.87. The number of nitrogens with one attached hydrogen (secondary N) is 1. The van der Waals surface area contributed by atoms with Gasteiger partial charge < -0.3 is 0 Å². The predicted octanol–water partition coefficient (Wildman–Crippen LogP) is 2.44. The number of nitrogens with zero attached hydrogens (tertiary/aromatic N) is 1. The third-order valence-corrected chi connectivity index (χ3v) is 5.99. The Labute approximate surface area is 117 Å². The minimum Gasteiger partial charge on any atom is -0.195 e. The van der Waals surface area contributed by atoms with Crippen molar-refractivity contribution in [3.05, 3.63) is 11.6 Å². The largest absolute Gasteiger partial charge is 0.279 e. The molecule has 1 saturated heterocycles. The molecule has 1 heterocycles. The van der Waals surface area contributed by atoms with Crippen LogP contribution in [0.2, 0.25) is 0 Å². The minimum atomic E-state index is -3.31. The summed E-state index contributed by atoms with van der Waals surface area (Å²) < 4.78 is 29.1. The third-order valence-electron chi connectivity index (χ3n) is 4.29. The smallest absolute Gasteiger partial charge is 0.195 e. The van der Waals surface area contributed by atoms with Crippen LogP contribution in [0.3, 0.4) is 0 Å². The lowest BCUT2D eigenvalue weighted by molar-refractivity contribution is 0.284. The van der Waals surface area contributed by atoms with Gasteiger partial charge in [-0.1, -0.05) is 18.6 Å². The first-order chi connectivity index (χ1) is 8.99. The Morgan fingerprint density at radius 2 is 2.00 bits per heavy atom. The SMILES string of the molecule is CC1CCN(S(=O)(=O)N[C@@H](C)C2=CCCCC2)CC1. The number of hydrogen-bond acceptors (Lipinski definition) is 2. The first-order valence-corrected chi connectivity index (χ1v) is 8.89. The highest BCUT2D eigenvalue weighted by Crippen LogP contribution is 2.22. The van der Waals surface area contributed by atoms with E-state index in [1.165, 1.54) is 18.4 Å². The number of hydrogen-bond donors (Lipinski definition) is 1. The van der Waals surface area contributed by atoms with Crippen LogP contribution in [-0.2, 0) is 10.2 Å². The van der Waals surface area contributed by atoms with Crippen molar-refractivity contribution in [3.8, 4) is 0 Å². The van der Waals surface area contributed by atoms with Gasteiger partial charge in [0.05, 0.1) is 0 Å². The summed E-state index contributed by atoms with van der Waals surface area (Å²) in [4.78, 5) is 0. The van der Waals surface area contributed by atoms with Gasteiger partial charge in [0.2, 0.25) is 0 Å². The van der Waals surface area contributed by atoms with Crippen molar-refractivity contribution in [2.75, 3.05) is 13.1 Å². The van der Waals surface area contributed by atoms with Crippen molar-refractivity contribution in [1.82, 2.24) is 9.03 Å². The molecule has 1 fully saturated rings. The predicted molar refractivity (Wildman–Crippen MR) is 78.0 cm³/mol. The molecule has 1 atom stereocenters. The van der Waals surface area contributed by atoms with E-state index in [-0.39, 0.29) is 6.04 Å². The Morgan fingerprint density at radius 1 is 1.32 bits per heavy atom. The fourth-order valence-corrected chi connectivity index (χ4v) is 4.29. The van der Waals surface area contributed by atoms with Crippen LogP contribution in [0.5, 0.6) is 0 Å². The van der Waals surface area contributed by atoms with Crippen molar-refractivity contribution in [2.45, 2.75) is 58.4 Å². The standard InChI is InChI=1S/C14H26N2O2S/c1-12-8-10-16(11-9-12)19(17,18)15-13(2)14-6-4-3-5-7-14/h6,12-13,15H,3-5,7-11H2,1-2H3/t13-/m0/s1. The summed E-state index contributed by atoms with van der Waals surface area (Å²) in [5.41, 5.74) is 1.25. The molecule has 0 spiro atoms. The Kier molecular flexibility index (Phi) is 5.03. The van der Waals surface area contributed by atoms with E-state index in [0.29, 0.717) is 19.0 Å². The third kappa shape index (κ3) is 4.04. The van der Waals surface area contributed by atoms with Crippen molar-refractivity contribution >= 4 is 10.2 Å². The summed E-state index contributed by atoms with van der Waals surface area (Å²) in [6.07, 6.45) is 8.67. The van der Waals surface area contributed by atoms with Crippen LogP contribution in [0.1, 0.15) is 52.4 Å². The molecule has 0 bridgehead atoms. The van der Waals surface area contributed by atoms with Crippen molar-refractivity contribution in [3.63, 3.8) is 0 Å². The lowest BCUT2D eigenvalue weighted by Gasteiger charge is -2.31. The van der Waals surface area contributed by atoms with Crippen LogP contribution in [0.15, 0.2) is 11.6 Å². The zero-order valence-corrected chi connectivity index (χ0v) is 12.9. The zero-order valence-electron chi connectivity index (χ0n) is 12.1. The summed E-state index contributed by atoms with van der Waals surface area (Å²) in [6.45, 7) is 5.46. The number of rotatable bonds is 4. The van der Waals surface area contributed by atoms with E-state index in [1.807, 2.05) is 6.92 Å². The molecule has 2 rings (SSSR count). The molecule has 1 N–H and O–H groups in total. The van der Waals surface area contributed by atoms with E-state index >= 15 is 0 Å². The maximum Gasteiger partial charge on any atom is 0.279 e. The quantitative estimate of drug-likeness (QED) is 0.807.